The number of halogens is 1. The fourth-order valence-electron chi connectivity index (χ4n) is 3.88. The summed E-state index contributed by atoms with van der Waals surface area (Å²) in [7, 11) is -7.17. The molecule has 2 aromatic rings. The van der Waals surface area contributed by atoms with Gasteiger partial charge in [0.2, 0.25) is 26.0 Å². The standard InChI is InChI=1S/C23H31FN4O5S2/c1-17(2)15-28(16-18-4-6-20(24)7-5-18)35(32,33)21-8-9-22(25-14-21)26-23(29)19-10-12-27(13-11-19)34(3,30)31/h4-9,14,17,19H,10-13,15-16H2,1-3H3,(H,25,26,29). The zero-order valence-corrected chi connectivity index (χ0v) is 21.6. The van der Waals surface area contributed by atoms with Gasteiger partial charge in [0, 0.05) is 38.3 Å². The van der Waals surface area contributed by atoms with Gasteiger partial charge >= 0.3 is 0 Å². The maximum Gasteiger partial charge on any atom is 0.244 e. The van der Waals surface area contributed by atoms with Crippen molar-refractivity contribution in [2.24, 2.45) is 11.8 Å². The summed E-state index contributed by atoms with van der Waals surface area (Å²) in [4.78, 5) is 16.7. The molecule has 1 N–H and O–H groups in total. The van der Waals surface area contributed by atoms with Crippen LogP contribution in [0.4, 0.5) is 10.2 Å². The van der Waals surface area contributed by atoms with E-state index >= 15 is 0 Å². The lowest BCUT2D eigenvalue weighted by molar-refractivity contribution is -0.120. The maximum absolute atomic E-state index is 13.3. The molecule has 1 aromatic heterocycles. The van der Waals surface area contributed by atoms with E-state index in [1.165, 1.54) is 39.1 Å². The molecule has 0 atom stereocenters. The summed E-state index contributed by atoms with van der Waals surface area (Å²) in [5.41, 5.74) is 0.661. The second-order valence-corrected chi connectivity index (χ2v) is 13.0. The number of sulfonamides is 2. The number of rotatable bonds is 9. The summed E-state index contributed by atoms with van der Waals surface area (Å²) in [6.07, 6.45) is 3.15. The molecule has 1 amide bonds. The van der Waals surface area contributed by atoms with E-state index in [1.807, 2.05) is 13.8 Å². The van der Waals surface area contributed by atoms with Crippen LogP contribution < -0.4 is 5.32 Å². The molecule has 1 aliphatic heterocycles. The van der Waals surface area contributed by atoms with E-state index in [0.717, 1.165) is 6.26 Å². The number of hydrogen-bond acceptors (Lipinski definition) is 6. The molecule has 0 saturated carbocycles. The van der Waals surface area contributed by atoms with Crippen molar-refractivity contribution in [1.29, 1.82) is 0 Å². The Hall–Kier alpha value is -2.41. The van der Waals surface area contributed by atoms with Crippen LogP contribution in [0, 0.1) is 17.7 Å². The molecule has 2 heterocycles. The normalized spacial score (nSPS) is 16.1. The molecule has 192 valence electrons. The maximum atomic E-state index is 13.3. The first kappa shape index (κ1) is 27.2. The highest BCUT2D eigenvalue weighted by Crippen LogP contribution is 2.23. The largest absolute Gasteiger partial charge is 0.310 e. The molecule has 3 rings (SSSR count). The number of nitrogens with one attached hydrogen (secondary N) is 1. The Morgan fingerprint density at radius 2 is 1.74 bits per heavy atom. The Bertz CT molecular complexity index is 1230. The number of amides is 1. The van der Waals surface area contributed by atoms with E-state index < -0.39 is 25.9 Å². The molecule has 0 unspecified atom stereocenters. The van der Waals surface area contributed by atoms with Crippen LogP contribution in [0.3, 0.4) is 0 Å². The fraction of sp³-hybridized carbons (Fsp3) is 0.478. The van der Waals surface area contributed by atoms with E-state index in [1.54, 1.807) is 12.1 Å². The predicted octanol–water partition coefficient (Wildman–Crippen LogP) is 2.68. The quantitative estimate of drug-likeness (QED) is 0.537. The highest BCUT2D eigenvalue weighted by atomic mass is 32.2. The van der Waals surface area contributed by atoms with Gasteiger partial charge < -0.3 is 5.32 Å². The Morgan fingerprint density at radius 3 is 2.26 bits per heavy atom. The van der Waals surface area contributed by atoms with Crippen LogP contribution in [-0.2, 0) is 31.4 Å². The van der Waals surface area contributed by atoms with Crippen molar-refractivity contribution in [2.45, 2.75) is 38.1 Å². The topological polar surface area (TPSA) is 117 Å². The van der Waals surface area contributed by atoms with E-state index in [9.17, 15) is 26.0 Å². The molecule has 1 fully saturated rings. The van der Waals surface area contributed by atoms with Gasteiger partial charge in [-0.3, -0.25) is 4.79 Å². The number of carbonyl (C=O) groups excluding carboxylic acids is 1. The molecule has 9 nitrogen and oxygen atoms in total. The van der Waals surface area contributed by atoms with Gasteiger partial charge in [-0.05, 0) is 48.6 Å². The molecule has 35 heavy (non-hydrogen) atoms. The van der Waals surface area contributed by atoms with Crippen LogP contribution in [0.1, 0.15) is 32.3 Å². The highest BCUT2D eigenvalue weighted by molar-refractivity contribution is 7.89. The van der Waals surface area contributed by atoms with Crippen molar-refractivity contribution in [3.63, 3.8) is 0 Å². The molecular formula is C23H31FN4O5S2. The van der Waals surface area contributed by atoms with Crippen molar-refractivity contribution in [3.8, 4) is 0 Å². The first-order valence-corrected chi connectivity index (χ1v) is 14.6. The molecule has 1 saturated heterocycles. The van der Waals surface area contributed by atoms with Gasteiger partial charge in [-0.2, -0.15) is 4.31 Å². The summed E-state index contributed by atoms with van der Waals surface area (Å²) < 4.78 is 65.8. The van der Waals surface area contributed by atoms with Crippen LogP contribution in [0.5, 0.6) is 0 Å². The van der Waals surface area contributed by atoms with Crippen molar-refractivity contribution < 1.29 is 26.0 Å². The lowest BCUT2D eigenvalue weighted by atomic mass is 9.97. The van der Waals surface area contributed by atoms with Gasteiger partial charge in [-0.25, -0.2) is 30.5 Å². The molecular weight excluding hydrogens is 495 g/mol. The average Bonchev–Trinajstić information content (AvgIpc) is 2.79. The van der Waals surface area contributed by atoms with Crippen LogP contribution in [-0.4, -0.2) is 62.2 Å². The highest BCUT2D eigenvalue weighted by Gasteiger charge is 2.30. The number of piperidine rings is 1. The van der Waals surface area contributed by atoms with Gasteiger partial charge in [0.1, 0.15) is 16.5 Å². The van der Waals surface area contributed by atoms with Crippen LogP contribution >= 0.6 is 0 Å². The number of benzene rings is 1. The van der Waals surface area contributed by atoms with Crippen molar-refractivity contribution in [3.05, 3.63) is 54.0 Å². The SMILES string of the molecule is CC(C)CN(Cc1ccc(F)cc1)S(=O)(=O)c1ccc(NC(=O)C2CCN(S(C)(=O)=O)CC2)nc1. The minimum Gasteiger partial charge on any atom is -0.310 e. The number of hydrogen-bond donors (Lipinski definition) is 1. The number of carbonyl (C=O) groups is 1. The lowest BCUT2D eigenvalue weighted by Gasteiger charge is -2.29. The molecule has 1 aliphatic rings. The van der Waals surface area contributed by atoms with Gasteiger partial charge in [0.15, 0.2) is 0 Å². The fourth-order valence-corrected chi connectivity index (χ4v) is 6.29. The molecule has 0 radical (unpaired) electrons. The van der Waals surface area contributed by atoms with Crippen LogP contribution in [0.25, 0.3) is 0 Å². The number of nitrogens with zero attached hydrogens (tertiary/aromatic N) is 3. The minimum absolute atomic E-state index is 0.0141. The first-order chi connectivity index (χ1) is 16.4. The zero-order valence-electron chi connectivity index (χ0n) is 20.0. The summed E-state index contributed by atoms with van der Waals surface area (Å²) in [6, 6.07) is 8.51. The lowest BCUT2D eigenvalue weighted by Crippen LogP contribution is -2.41. The molecule has 12 heteroatoms. The number of aromatic nitrogens is 1. The monoisotopic (exact) mass is 526 g/mol. The Morgan fingerprint density at radius 1 is 1.11 bits per heavy atom. The smallest absolute Gasteiger partial charge is 0.244 e. The Labute approximate surface area is 206 Å². The summed E-state index contributed by atoms with van der Waals surface area (Å²) in [6.45, 7) is 4.73. The number of anilines is 1. The van der Waals surface area contributed by atoms with Gasteiger partial charge in [-0.15, -0.1) is 0 Å². The predicted molar refractivity (Wildman–Crippen MR) is 131 cm³/mol. The van der Waals surface area contributed by atoms with Gasteiger partial charge in [0.05, 0.1) is 6.26 Å². The molecule has 1 aromatic carbocycles. The van der Waals surface area contributed by atoms with E-state index in [2.05, 4.69) is 10.3 Å². The number of pyridine rings is 1. The third kappa shape index (κ3) is 7.29. The van der Waals surface area contributed by atoms with Crippen molar-refractivity contribution in [1.82, 2.24) is 13.6 Å². The Balaban J connectivity index is 1.68. The van der Waals surface area contributed by atoms with Gasteiger partial charge in [-0.1, -0.05) is 26.0 Å². The van der Waals surface area contributed by atoms with Gasteiger partial charge in [0.25, 0.3) is 0 Å². The van der Waals surface area contributed by atoms with E-state index in [4.69, 9.17) is 0 Å². The molecule has 0 spiro atoms. The zero-order chi connectivity index (χ0) is 25.8. The average molecular weight is 527 g/mol. The second kappa shape index (κ2) is 11.1. The molecule has 0 bridgehead atoms. The second-order valence-electron chi connectivity index (χ2n) is 9.12. The van der Waals surface area contributed by atoms with Crippen molar-refractivity contribution in [2.75, 3.05) is 31.2 Å². The summed E-state index contributed by atoms with van der Waals surface area (Å²) in [5.74, 6) is -0.747. The summed E-state index contributed by atoms with van der Waals surface area (Å²) >= 11 is 0. The summed E-state index contributed by atoms with van der Waals surface area (Å²) in [5, 5.41) is 2.69. The minimum atomic E-state index is -3.89. The van der Waals surface area contributed by atoms with E-state index in [-0.39, 0.29) is 54.6 Å². The first-order valence-electron chi connectivity index (χ1n) is 11.3. The third-order valence-corrected chi connectivity index (χ3v) is 8.86. The molecule has 0 aliphatic carbocycles. The van der Waals surface area contributed by atoms with Crippen LogP contribution in [0.2, 0.25) is 0 Å². The third-order valence-electron chi connectivity index (χ3n) is 5.76. The van der Waals surface area contributed by atoms with Crippen LogP contribution in [0.15, 0.2) is 47.5 Å². The Kier molecular flexibility index (Phi) is 8.63. The van der Waals surface area contributed by atoms with Crippen molar-refractivity contribution >= 4 is 31.8 Å². The van der Waals surface area contributed by atoms with E-state index in [0.29, 0.717) is 18.4 Å².